The first kappa shape index (κ1) is 12.7. The Hall–Kier alpha value is 0.270. The Kier molecular flexibility index (Phi) is 4.20. The summed E-state index contributed by atoms with van der Waals surface area (Å²) in [5.74, 6) is 2.02. The molecule has 1 heterocycles. The Labute approximate surface area is 106 Å². The smallest absolute Gasteiger partial charge is 0.00458 e. The van der Waals surface area contributed by atoms with Crippen molar-refractivity contribution in [3.05, 3.63) is 0 Å². The van der Waals surface area contributed by atoms with E-state index in [-0.39, 0.29) is 0 Å². The number of hydrogen-bond donors (Lipinski definition) is 1. The second kappa shape index (κ2) is 5.28. The van der Waals surface area contributed by atoms with Gasteiger partial charge in [-0.05, 0) is 70.0 Å². The van der Waals surface area contributed by atoms with Gasteiger partial charge in [0.15, 0.2) is 0 Å². The van der Waals surface area contributed by atoms with Crippen LogP contribution < -0.4 is 0 Å². The van der Waals surface area contributed by atoms with Crippen LogP contribution in [-0.2, 0) is 0 Å². The summed E-state index contributed by atoms with van der Waals surface area (Å²) >= 11 is 4.49. The Morgan fingerprint density at radius 3 is 2.31 bits per heavy atom. The van der Waals surface area contributed by atoms with Crippen molar-refractivity contribution in [3.8, 4) is 0 Å². The molecule has 16 heavy (non-hydrogen) atoms. The number of piperidine rings is 1. The van der Waals surface area contributed by atoms with E-state index in [1.54, 1.807) is 0 Å². The predicted octanol–water partition coefficient (Wildman–Crippen LogP) is 1.97. The van der Waals surface area contributed by atoms with Crippen molar-refractivity contribution in [1.29, 1.82) is 0 Å². The van der Waals surface area contributed by atoms with Gasteiger partial charge in [-0.2, -0.15) is 12.6 Å². The van der Waals surface area contributed by atoms with Crippen LogP contribution in [0.3, 0.4) is 0 Å². The lowest BCUT2D eigenvalue weighted by molar-refractivity contribution is 0.143. The van der Waals surface area contributed by atoms with E-state index in [9.17, 15) is 0 Å². The predicted molar refractivity (Wildman–Crippen MR) is 73.2 cm³/mol. The van der Waals surface area contributed by atoms with Gasteiger partial charge in [-0.1, -0.05) is 0 Å². The van der Waals surface area contributed by atoms with E-state index >= 15 is 0 Å². The molecule has 0 unspecified atom stereocenters. The van der Waals surface area contributed by atoms with Crippen molar-refractivity contribution < 1.29 is 0 Å². The first-order valence-corrected chi connectivity index (χ1v) is 7.25. The van der Waals surface area contributed by atoms with Gasteiger partial charge < -0.3 is 9.80 Å². The van der Waals surface area contributed by atoms with Gasteiger partial charge in [0.1, 0.15) is 0 Å². The van der Waals surface area contributed by atoms with Crippen molar-refractivity contribution in [2.75, 3.05) is 46.0 Å². The maximum absolute atomic E-state index is 4.49. The largest absolute Gasteiger partial charge is 0.309 e. The number of likely N-dealkylation sites (tertiary alicyclic amines) is 1. The molecule has 1 aliphatic carbocycles. The summed E-state index contributed by atoms with van der Waals surface area (Å²) in [4.78, 5) is 5.01. The van der Waals surface area contributed by atoms with Crippen LogP contribution in [-0.4, -0.2) is 55.8 Å². The molecule has 94 valence electrons. The van der Waals surface area contributed by atoms with E-state index in [0.717, 1.165) is 11.7 Å². The molecule has 0 N–H and O–H groups in total. The third kappa shape index (κ3) is 3.38. The highest BCUT2D eigenvalue weighted by Gasteiger charge is 2.42. The van der Waals surface area contributed by atoms with Gasteiger partial charge >= 0.3 is 0 Å². The van der Waals surface area contributed by atoms with Crippen LogP contribution in [0.5, 0.6) is 0 Å². The number of thiol groups is 1. The zero-order chi connectivity index (χ0) is 11.6. The molecule has 2 nitrogen and oxygen atoms in total. The summed E-state index contributed by atoms with van der Waals surface area (Å²) in [6, 6.07) is 0. The molecule has 0 amide bonds. The molecule has 1 saturated heterocycles. The Balaban J connectivity index is 1.69. The SMILES string of the molecule is CN(C)CC1CCN(CC2(CS)CC2)CC1. The Morgan fingerprint density at radius 2 is 1.88 bits per heavy atom. The summed E-state index contributed by atoms with van der Waals surface area (Å²) in [6.45, 7) is 5.21. The molecule has 2 fully saturated rings. The minimum absolute atomic E-state index is 0.609. The average molecular weight is 242 g/mol. The monoisotopic (exact) mass is 242 g/mol. The van der Waals surface area contributed by atoms with Crippen LogP contribution >= 0.6 is 12.6 Å². The lowest BCUT2D eigenvalue weighted by Crippen LogP contribution is -2.40. The summed E-state index contributed by atoms with van der Waals surface area (Å²) in [6.07, 6.45) is 5.60. The fraction of sp³-hybridized carbons (Fsp3) is 1.00. The second-order valence-corrected chi connectivity index (χ2v) is 6.46. The van der Waals surface area contributed by atoms with Crippen LogP contribution in [0.15, 0.2) is 0 Å². The van der Waals surface area contributed by atoms with Crippen LogP contribution in [0.2, 0.25) is 0 Å². The van der Waals surface area contributed by atoms with Gasteiger partial charge in [0.2, 0.25) is 0 Å². The van der Waals surface area contributed by atoms with Gasteiger partial charge in [0.25, 0.3) is 0 Å². The molecule has 0 aromatic rings. The van der Waals surface area contributed by atoms with Gasteiger partial charge in [-0.15, -0.1) is 0 Å². The van der Waals surface area contributed by atoms with E-state index in [0.29, 0.717) is 5.41 Å². The average Bonchev–Trinajstić information content (AvgIpc) is 3.01. The summed E-state index contributed by atoms with van der Waals surface area (Å²) in [7, 11) is 4.37. The van der Waals surface area contributed by atoms with Crippen molar-refractivity contribution in [2.24, 2.45) is 11.3 Å². The summed E-state index contributed by atoms with van der Waals surface area (Å²) < 4.78 is 0. The molecular weight excluding hydrogens is 216 g/mol. The molecule has 0 bridgehead atoms. The highest BCUT2D eigenvalue weighted by molar-refractivity contribution is 7.80. The molecule has 1 aliphatic heterocycles. The fourth-order valence-corrected chi connectivity index (χ4v) is 3.28. The molecule has 0 spiro atoms. The third-order valence-electron chi connectivity index (χ3n) is 4.18. The van der Waals surface area contributed by atoms with Crippen molar-refractivity contribution in [2.45, 2.75) is 25.7 Å². The van der Waals surface area contributed by atoms with E-state index < -0.39 is 0 Å². The van der Waals surface area contributed by atoms with E-state index in [2.05, 4.69) is 36.5 Å². The van der Waals surface area contributed by atoms with Crippen molar-refractivity contribution in [3.63, 3.8) is 0 Å². The highest BCUT2D eigenvalue weighted by Crippen LogP contribution is 2.47. The second-order valence-electron chi connectivity index (χ2n) is 6.14. The minimum Gasteiger partial charge on any atom is -0.309 e. The molecule has 0 aromatic carbocycles. The maximum Gasteiger partial charge on any atom is 0.00458 e. The molecule has 0 aromatic heterocycles. The normalized spacial score (nSPS) is 26.2. The van der Waals surface area contributed by atoms with Crippen molar-refractivity contribution in [1.82, 2.24) is 9.80 Å². The first-order valence-electron chi connectivity index (χ1n) is 6.61. The Bertz CT molecular complexity index is 218. The first-order chi connectivity index (χ1) is 7.63. The molecule has 0 atom stereocenters. The standard InChI is InChI=1S/C13H26N2S/c1-14(2)9-12-3-7-15(8-4-12)10-13(11-16)5-6-13/h12,16H,3-11H2,1-2H3. The van der Waals surface area contributed by atoms with Gasteiger partial charge in [0, 0.05) is 13.1 Å². The maximum atomic E-state index is 4.49. The minimum atomic E-state index is 0.609. The quantitative estimate of drug-likeness (QED) is 0.737. The van der Waals surface area contributed by atoms with E-state index in [1.807, 2.05) is 0 Å². The summed E-state index contributed by atoms with van der Waals surface area (Å²) in [5, 5.41) is 0. The van der Waals surface area contributed by atoms with Crippen LogP contribution in [0, 0.1) is 11.3 Å². The van der Waals surface area contributed by atoms with Gasteiger partial charge in [0.05, 0.1) is 0 Å². The number of nitrogens with zero attached hydrogens (tertiary/aromatic N) is 2. The van der Waals surface area contributed by atoms with Crippen LogP contribution in [0.4, 0.5) is 0 Å². The lowest BCUT2D eigenvalue weighted by atomic mass is 9.95. The lowest BCUT2D eigenvalue weighted by Gasteiger charge is -2.35. The summed E-state index contributed by atoms with van der Waals surface area (Å²) in [5.41, 5.74) is 0.609. The van der Waals surface area contributed by atoms with E-state index in [1.165, 1.54) is 51.9 Å². The molecule has 2 rings (SSSR count). The number of rotatable bonds is 5. The molecule has 3 heteroatoms. The topological polar surface area (TPSA) is 6.48 Å². The molecule has 0 radical (unpaired) electrons. The van der Waals surface area contributed by atoms with Crippen molar-refractivity contribution >= 4 is 12.6 Å². The van der Waals surface area contributed by atoms with Crippen LogP contribution in [0.25, 0.3) is 0 Å². The molecule has 1 saturated carbocycles. The fourth-order valence-electron chi connectivity index (χ4n) is 2.86. The Morgan fingerprint density at radius 1 is 1.25 bits per heavy atom. The third-order valence-corrected chi connectivity index (χ3v) is 4.85. The number of hydrogen-bond acceptors (Lipinski definition) is 3. The van der Waals surface area contributed by atoms with Gasteiger partial charge in [-0.3, -0.25) is 0 Å². The molecule has 2 aliphatic rings. The van der Waals surface area contributed by atoms with E-state index in [4.69, 9.17) is 0 Å². The zero-order valence-corrected chi connectivity index (χ0v) is 11.7. The van der Waals surface area contributed by atoms with Crippen LogP contribution in [0.1, 0.15) is 25.7 Å². The molecular formula is C13H26N2S. The highest BCUT2D eigenvalue weighted by atomic mass is 32.1. The van der Waals surface area contributed by atoms with Gasteiger partial charge in [-0.25, -0.2) is 0 Å². The zero-order valence-electron chi connectivity index (χ0n) is 10.8.